The van der Waals surface area contributed by atoms with E-state index in [0.717, 1.165) is 0 Å². The molecule has 0 unspecified atom stereocenters. The van der Waals surface area contributed by atoms with E-state index in [2.05, 4.69) is 0 Å². The minimum Gasteiger partial charge on any atom is -0.507 e. The summed E-state index contributed by atoms with van der Waals surface area (Å²) >= 11 is 0. The molecule has 1 aliphatic carbocycles. The van der Waals surface area contributed by atoms with Crippen LogP contribution >= 0.6 is 0 Å². The molecule has 6 heteroatoms. The summed E-state index contributed by atoms with van der Waals surface area (Å²) < 4.78 is 16.3. The average Bonchev–Trinajstić information content (AvgIpc) is 2.69. The normalized spacial score (nSPS) is 34.5. The highest BCUT2D eigenvalue weighted by Crippen LogP contribution is 2.54. The van der Waals surface area contributed by atoms with Crippen LogP contribution < -0.4 is 4.74 Å². The van der Waals surface area contributed by atoms with E-state index in [1.165, 1.54) is 20.3 Å². The van der Waals surface area contributed by atoms with Gasteiger partial charge in [0.2, 0.25) is 0 Å². The quantitative estimate of drug-likeness (QED) is 0.860. The number of methoxy groups -OCH3 is 2. The Morgan fingerprint density at radius 3 is 2.71 bits per heavy atom. The Labute approximate surface area is 122 Å². The number of ether oxygens (including phenoxy) is 3. The molecule has 0 amide bonds. The fraction of sp³-hybridized carbons (Fsp3) is 0.533. The molecular weight excluding hydrogens is 276 g/mol. The molecule has 0 bridgehead atoms. The zero-order valence-electron chi connectivity index (χ0n) is 12.2. The Morgan fingerprint density at radius 1 is 1.38 bits per heavy atom. The van der Waals surface area contributed by atoms with Gasteiger partial charge >= 0.3 is 0 Å². The number of benzene rings is 1. The summed E-state index contributed by atoms with van der Waals surface area (Å²) in [6.07, 6.45) is -0.662. The maximum Gasteiger partial charge on any atom is 0.169 e. The van der Waals surface area contributed by atoms with Gasteiger partial charge in [0.05, 0.1) is 12.7 Å². The van der Waals surface area contributed by atoms with Gasteiger partial charge in [-0.3, -0.25) is 4.79 Å². The number of rotatable bonds is 2. The van der Waals surface area contributed by atoms with Crippen molar-refractivity contribution in [2.45, 2.75) is 37.3 Å². The second-order valence-electron chi connectivity index (χ2n) is 5.83. The predicted octanol–water partition coefficient (Wildman–Crippen LogP) is 1.54. The van der Waals surface area contributed by atoms with E-state index in [9.17, 15) is 15.0 Å². The number of phenolic OH excluding ortho intramolecular Hbond substituents is 1. The fourth-order valence-electron chi connectivity index (χ4n) is 3.29. The van der Waals surface area contributed by atoms with Crippen LogP contribution in [0.4, 0.5) is 0 Å². The first-order valence-corrected chi connectivity index (χ1v) is 6.71. The Hall–Kier alpha value is -1.63. The molecule has 1 saturated heterocycles. The molecule has 0 saturated carbocycles. The van der Waals surface area contributed by atoms with Gasteiger partial charge in [0.15, 0.2) is 11.6 Å². The molecule has 1 fully saturated rings. The number of phenols is 1. The molecule has 1 aliphatic heterocycles. The monoisotopic (exact) mass is 294 g/mol. The SMILES string of the molecule is COc1cc(O)c2c(c1)[C@H]1O[C@](C)(OC)C[C@@]1(O)CC2=O. The number of Topliss-reactive ketones (excluding diaryl/α,β-unsaturated/α-hetero) is 1. The highest BCUT2D eigenvalue weighted by molar-refractivity contribution is 6.02. The predicted molar refractivity (Wildman–Crippen MR) is 72.4 cm³/mol. The van der Waals surface area contributed by atoms with Gasteiger partial charge in [0.1, 0.15) is 23.2 Å². The number of ketones is 1. The molecule has 3 rings (SSSR count). The number of carbonyl (C=O) groups excluding carboxylic acids is 1. The molecule has 1 aromatic rings. The topological polar surface area (TPSA) is 85.2 Å². The van der Waals surface area contributed by atoms with Crippen molar-refractivity contribution in [2.24, 2.45) is 0 Å². The minimum atomic E-state index is -1.34. The second-order valence-corrected chi connectivity index (χ2v) is 5.83. The Morgan fingerprint density at radius 2 is 2.10 bits per heavy atom. The lowest BCUT2D eigenvalue weighted by molar-refractivity contribution is -0.202. The molecule has 1 aromatic carbocycles. The van der Waals surface area contributed by atoms with Crippen molar-refractivity contribution in [1.29, 1.82) is 0 Å². The van der Waals surface area contributed by atoms with E-state index in [1.807, 2.05) is 0 Å². The van der Waals surface area contributed by atoms with Crippen LogP contribution in [0.15, 0.2) is 12.1 Å². The van der Waals surface area contributed by atoms with Gasteiger partial charge in [-0.2, -0.15) is 0 Å². The smallest absolute Gasteiger partial charge is 0.169 e. The largest absolute Gasteiger partial charge is 0.507 e. The molecule has 21 heavy (non-hydrogen) atoms. The van der Waals surface area contributed by atoms with Gasteiger partial charge in [0.25, 0.3) is 0 Å². The molecule has 114 valence electrons. The Bertz CT molecular complexity index is 612. The minimum absolute atomic E-state index is 0.108. The molecule has 1 heterocycles. The average molecular weight is 294 g/mol. The highest BCUT2D eigenvalue weighted by Gasteiger charge is 2.58. The zero-order chi connectivity index (χ0) is 15.4. The molecule has 0 spiro atoms. The standard InChI is InChI=1S/C15H18O6/c1-14(20-3)7-15(18)6-11(17)12-9(13(15)21-14)4-8(19-2)5-10(12)16/h4-5,13,16,18H,6-7H2,1-3H3/t13-,14+,15+/m1/s1. The summed E-state index contributed by atoms with van der Waals surface area (Å²) in [6, 6.07) is 2.99. The van der Waals surface area contributed by atoms with E-state index >= 15 is 0 Å². The van der Waals surface area contributed by atoms with Gasteiger partial charge in [-0.15, -0.1) is 0 Å². The summed E-state index contributed by atoms with van der Waals surface area (Å²) in [5, 5.41) is 20.9. The van der Waals surface area contributed by atoms with Gasteiger partial charge < -0.3 is 24.4 Å². The van der Waals surface area contributed by atoms with Crippen molar-refractivity contribution in [3.8, 4) is 11.5 Å². The van der Waals surface area contributed by atoms with Crippen LogP contribution in [0, 0.1) is 0 Å². The lowest BCUT2D eigenvalue weighted by Gasteiger charge is -2.33. The van der Waals surface area contributed by atoms with Crippen LogP contribution in [-0.2, 0) is 9.47 Å². The summed E-state index contributed by atoms with van der Waals surface area (Å²) in [5.41, 5.74) is -0.717. The van der Waals surface area contributed by atoms with Crippen molar-refractivity contribution < 1.29 is 29.2 Å². The molecule has 2 aliphatic rings. The summed E-state index contributed by atoms with van der Waals surface area (Å²) in [6.45, 7) is 1.72. The fourth-order valence-corrected chi connectivity index (χ4v) is 3.29. The van der Waals surface area contributed by atoms with Crippen LogP contribution in [0.2, 0.25) is 0 Å². The van der Waals surface area contributed by atoms with E-state index in [1.54, 1.807) is 13.0 Å². The first-order valence-electron chi connectivity index (χ1n) is 6.71. The van der Waals surface area contributed by atoms with Gasteiger partial charge in [0, 0.05) is 31.6 Å². The number of hydrogen-bond donors (Lipinski definition) is 2. The lowest BCUT2D eigenvalue weighted by atomic mass is 9.76. The number of fused-ring (bicyclic) bond motifs is 3. The third-order valence-corrected chi connectivity index (χ3v) is 4.30. The Kier molecular flexibility index (Phi) is 3.02. The molecule has 3 atom stereocenters. The van der Waals surface area contributed by atoms with Crippen LogP contribution in [0.5, 0.6) is 11.5 Å². The maximum absolute atomic E-state index is 12.3. The third kappa shape index (κ3) is 2.02. The van der Waals surface area contributed by atoms with Gasteiger partial charge in [-0.1, -0.05) is 0 Å². The highest BCUT2D eigenvalue weighted by atomic mass is 16.7. The number of aliphatic hydroxyl groups is 1. The van der Waals surface area contributed by atoms with Crippen LogP contribution in [0.1, 0.15) is 41.8 Å². The first kappa shape index (κ1) is 14.3. The van der Waals surface area contributed by atoms with Crippen molar-refractivity contribution in [3.63, 3.8) is 0 Å². The van der Waals surface area contributed by atoms with E-state index in [0.29, 0.717) is 11.3 Å². The van der Waals surface area contributed by atoms with Gasteiger partial charge in [-0.25, -0.2) is 0 Å². The Balaban J connectivity index is 2.17. The molecule has 2 N–H and O–H groups in total. The van der Waals surface area contributed by atoms with Crippen molar-refractivity contribution >= 4 is 5.78 Å². The van der Waals surface area contributed by atoms with Gasteiger partial charge in [-0.05, 0) is 13.0 Å². The molecular formula is C15H18O6. The molecule has 0 radical (unpaired) electrons. The summed E-state index contributed by atoms with van der Waals surface area (Å²) in [4.78, 5) is 12.3. The molecule has 6 nitrogen and oxygen atoms in total. The van der Waals surface area contributed by atoms with Crippen LogP contribution in [-0.4, -0.2) is 41.6 Å². The van der Waals surface area contributed by atoms with Crippen molar-refractivity contribution in [3.05, 3.63) is 23.3 Å². The third-order valence-electron chi connectivity index (χ3n) is 4.30. The van der Waals surface area contributed by atoms with Crippen molar-refractivity contribution in [2.75, 3.05) is 14.2 Å². The maximum atomic E-state index is 12.3. The van der Waals surface area contributed by atoms with E-state index in [-0.39, 0.29) is 29.9 Å². The second kappa shape index (κ2) is 4.43. The first-order chi connectivity index (χ1) is 9.82. The molecule has 0 aromatic heterocycles. The number of aromatic hydroxyl groups is 1. The summed E-state index contributed by atoms with van der Waals surface area (Å²) in [5.74, 6) is -1.04. The van der Waals surface area contributed by atoms with E-state index in [4.69, 9.17) is 14.2 Å². The number of hydrogen-bond acceptors (Lipinski definition) is 6. The van der Waals surface area contributed by atoms with Crippen LogP contribution in [0.3, 0.4) is 0 Å². The van der Waals surface area contributed by atoms with E-state index < -0.39 is 17.5 Å². The zero-order valence-corrected chi connectivity index (χ0v) is 12.2. The summed E-state index contributed by atoms with van der Waals surface area (Å²) in [7, 11) is 2.96. The van der Waals surface area contributed by atoms with Crippen molar-refractivity contribution in [1.82, 2.24) is 0 Å². The number of carbonyl (C=O) groups is 1. The van der Waals surface area contributed by atoms with Crippen LogP contribution in [0.25, 0.3) is 0 Å². The lowest BCUT2D eigenvalue weighted by Crippen LogP contribution is -2.40.